The number of esters is 2. The summed E-state index contributed by atoms with van der Waals surface area (Å²) in [6.45, 7) is 9.39. The van der Waals surface area contributed by atoms with E-state index in [9.17, 15) is 9.59 Å². The average Bonchev–Trinajstić information content (AvgIpc) is 2.80. The van der Waals surface area contributed by atoms with Crippen molar-refractivity contribution in [3.63, 3.8) is 0 Å². The van der Waals surface area contributed by atoms with Gasteiger partial charge in [-0.15, -0.1) is 5.73 Å². The highest BCUT2D eigenvalue weighted by Crippen LogP contribution is 2.47. The number of hydrogen-bond acceptors (Lipinski definition) is 4. The summed E-state index contributed by atoms with van der Waals surface area (Å²) < 4.78 is 10.2. The van der Waals surface area contributed by atoms with Crippen LogP contribution in [0.5, 0.6) is 0 Å². The highest BCUT2D eigenvalue weighted by Gasteiger charge is 2.55. The number of carbonyl (C=O) groups excluding carboxylic acids is 2. The van der Waals surface area contributed by atoms with Crippen molar-refractivity contribution in [3.05, 3.63) is 30.0 Å². The lowest BCUT2D eigenvalue weighted by atomic mass is 9.85. The van der Waals surface area contributed by atoms with Gasteiger partial charge in [0.2, 0.25) is 0 Å². The van der Waals surface area contributed by atoms with Gasteiger partial charge in [0.15, 0.2) is 5.41 Å². The predicted molar refractivity (Wildman–Crippen MR) is 75.9 cm³/mol. The predicted octanol–water partition coefficient (Wildman–Crippen LogP) is 2.80. The van der Waals surface area contributed by atoms with Gasteiger partial charge in [-0.05, 0) is 39.7 Å². The third kappa shape index (κ3) is 3.02. The van der Waals surface area contributed by atoms with E-state index in [0.29, 0.717) is 12.8 Å². The SMILES string of the molecule is C=C=CC1CC(C(=O)OCC)(C(=O)OCC)C/C1=C\C. The maximum atomic E-state index is 12.3. The fourth-order valence-electron chi connectivity index (χ4n) is 2.62. The Kier molecular flexibility index (Phi) is 5.78. The molecule has 4 nitrogen and oxygen atoms in total. The minimum atomic E-state index is -1.23. The largest absolute Gasteiger partial charge is 0.465 e. The first-order valence-electron chi connectivity index (χ1n) is 6.91. The average molecular weight is 278 g/mol. The smallest absolute Gasteiger partial charge is 0.323 e. The molecule has 0 aromatic carbocycles. The number of hydrogen-bond donors (Lipinski definition) is 0. The van der Waals surface area contributed by atoms with Crippen LogP contribution in [-0.2, 0) is 19.1 Å². The Morgan fingerprint density at radius 3 is 2.30 bits per heavy atom. The minimum absolute atomic E-state index is 0.0219. The Balaban J connectivity index is 3.17. The van der Waals surface area contributed by atoms with Gasteiger partial charge in [0.05, 0.1) is 13.2 Å². The Hall–Kier alpha value is -1.80. The highest BCUT2D eigenvalue weighted by molar-refractivity contribution is 6.01. The fraction of sp³-hybridized carbons (Fsp3) is 0.562. The molecule has 0 spiro atoms. The molecule has 1 atom stereocenters. The Morgan fingerprint density at radius 2 is 1.90 bits per heavy atom. The van der Waals surface area contributed by atoms with E-state index in [1.54, 1.807) is 19.9 Å². The normalized spacial score (nSPS) is 22.1. The number of allylic oxidation sites excluding steroid dienone is 3. The van der Waals surface area contributed by atoms with E-state index in [1.807, 2.05) is 13.0 Å². The van der Waals surface area contributed by atoms with E-state index < -0.39 is 17.4 Å². The third-order valence-electron chi connectivity index (χ3n) is 3.57. The third-order valence-corrected chi connectivity index (χ3v) is 3.57. The molecule has 1 aliphatic rings. The van der Waals surface area contributed by atoms with Crippen LogP contribution in [0, 0.1) is 11.3 Å². The molecule has 1 unspecified atom stereocenters. The van der Waals surface area contributed by atoms with Crippen LogP contribution >= 0.6 is 0 Å². The molecule has 0 N–H and O–H groups in total. The summed E-state index contributed by atoms with van der Waals surface area (Å²) in [4.78, 5) is 24.6. The van der Waals surface area contributed by atoms with Crippen LogP contribution in [-0.4, -0.2) is 25.2 Å². The van der Waals surface area contributed by atoms with Crippen molar-refractivity contribution in [2.75, 3.05) is 13.2 Å². The zero-order chi connectivity index (χ0) is 15.2. The molecule has 1 fully saturated rings. The molecule has 110 valence electrons. The first kappa shape index (κ1) is 16.3. The summed E-state index contributed by atoms with van der Waals surface area (Å²) in [5.74, 6) is -1.03. The van der Waals surface area contributed by atoms with Crippen molar-refractivity contribution < 1.29 is 19.1 Å². The van der Waals surface area contributed by atoms with E-state index in [2.05, 4.69) is 12.3 Å². The lowest BCUT2D eigenvalue weighted by Crippen LogP contribution is -2.40. The minimum Gasteiger partial charge on any atom is -0.465 e. The van der Waals surface area contributed by atoms with Crippen LogP contribution in [0.1, 0.15) is 33.6 Å². The van der Waals surface area contributed by atoms with Gasteiger partial charge in [-0.2, -0.15) is 0 Å². The van der Waals surface area contributed by atoms with Gasteiger partial charge in [0.1, 0.15) is 0 Å². The maximum Gasteiger partial charge on any atom is 0.323 e. The molecule has 0 amide bonds. The Morgan fingerprint density at radius 1 is 1.35 bits per heavy atom. The molecule has 1 saturated carbocycles. The van der Waals surface area contributed by atoms with Crippen LogP contribution in [0.4, 0.5) is 0 Å². The first-order chi connectivity index (χ1) is 9.55. The Labute approximate surface area is 120 Å². The summed E-state index contributed by atoms with van der Waals surface area (Å²) >= 11 is 0. The van der Waals surface area contributed by atoms with Gasteiger partial charge in [0, 0.05) is 5.92 Å². The Bertz CT molecular complexity index is 437. The van der Waals surface area contributed by atoms with E-state index in [1.165, 1.54) is 0 Å². The number of rotatable bonds is 5. The van der Waals surface area contributed by atoms with Crippen molar-refractivity contribution in [1.82, 2.24) is 0 Å². The van der Waals surface area contributed by atoms with Gasteiger partial charge in [-0.1, -0.05) is 18.2 Å². The van der Waals surface area contributed by atoms with Gasteiger partial charge < -0.3 is 9.47 Å². The van der Waals surface area contributed by atoms with E-state index >= 15 is 0 Å². The summed E-state index contributed by atoms with van der Waals surface area (Å²) in [7, 11) is 0. The first-order valence-corrected chi connectivity index (χ1v) is 6.91. The second-order valence-corrected chi connectivity index (χ2v) is 4.74. The molecule has 0 heterocycles. The highest BCUT2D eigenvalue weighted by atomic mass is 16.6. The molecule has 1 rings (SSSR count). The van der Waals surface area contributed by atoms with Gasteiger partial charge in [-0.3, -0.25) is 9.59 Å². The summed E-state index contributed by atoms with van der Waals surface area (Å²) in [6.07, 6.45) is 4.41. The summed E-state index contributed by atoms with van der Waals surface area (Å²) in [5.41, 5.74) is 2.52. The zero-order valence-electron chi connectivity index (χ0n) is 12.4. The van der Waals surface area contributed by atoms with Crippen molar-refractivity contribution in [2.24, 2.45) is 11.3 Å². The molecule has 0 radical (unpaired) electrons. The fourth-order valence-corrected chi connectivity index (χ4v) is 2.62. The van der Waals surface area contributed by atoms with Crippen molar-refractivity contribution in [3.8, 4) is 0 Å². The van der Waals surface area contributed by atoms with E-state index in [4.69, 9.17) is 9.47 Å². The van der Waals surface area contributed by atoms with E-state index in [-0.39, 0.29) is 19.1 Å². The standard InChI is InChI=1S/C16H22O4/c1-5-9-13-11-16(10-12(13)6-2,14(17)19-7-3)15(18)20-8-4/h6,9,13H,1,7-8,10-11H2,2-4H3/b12-6+. The van der Waals surface area contributed by atoms with Gasteiger partial charge >= 0.3 is 11.9 Å². The molecule has 0 saturated heterocycles. The lowest BCUT2D eigenvalue weighted by molar-refractivity contribution is -0.171. The summed E-state index contributed by atoms with van der Waals surface area (Å²) in [6, 6.07) is 0. The van der Waals surface area contributed by atoms with Crippen LogP contribution in [0.3, 0.4) is 0 Å². The second-order valence-electron chi connectivity index (χ2n) is 4.74. The van der Waals surface area contributed by atoms with Crippen molar-refractivity contribution in [2.45, 2.75) is 33.6 Å². The quantitative estimate of drug-likeness (QED) is 0.336. The van der Waals surface area contributed by atoms with Crippen LogP contribution in [0.15, 0.2) is 30.0 Å². The van der Waals surface area contributed by atoms with Crippen molar-refractivity contribution in [1.29, 1.82) is 0 Å². The molecule has 20 heavy (non-hydrogen) atoms. The van der Waals surface area contributed by atoms with E-state index in [0.717, 1.165) is 5.57 Å². The molecular formula is C16H22O4. The van der Waals surface area contributed by atoms with Gasteiger partial charge in [-0.25, -0.2) is 0 Å². The molecule has 0 aromatic rings. The number of ether oxygens (including phenoxy) is 2. The van der Waals surface area contributed by atoms with Crippen molar-refractivity contribution >= 4 is 11.9 Å². The second kappa shape index (κ2) is 7.11. The monoisotopic (exact) mass is 278 g/mol. The topological polar surface area (TPSA) is 52.6 Å². The zero-order valence-corrected chi connectivity index (χ0v) is 12.4. The maximum absolute atomic E-state index is 12.3. The molecule has 1 aliphatic carbocycles. The molecule has 0 aliphatic heterocycles. The molecule has 0 aromatic heterocycles. The molecular weight excluding hydrogens is 256 g/mol. The molecule has 0 bridgehead atoms. The summed E-state index contributed by atoms with van der Waals surface area (Å²) in [5, 5.41) is 0. The van der Waals surface area contributed by atoms with Crippen LogP contribution in [0.25, 0.3) is 0 Å². The van der Waals surface area contributed by atoms with Gasteiger partial charge in [0.25, 0.3) is 0 Å². The number of carbonyl (C=O) groups is 2. The lowest BCUT2D eigenvalue weighted by Gasteiger charge is -2.23. The van der Waals surface area contributed by atoms with Crippen LogP contribution < -0.4 is 0 Å². The molecule has 4 heteroatoms. The van der Waals surface area contributed by atoms with Crippen LogP contribution in [0.2, 0.25) is 0 Å².